The highest BCUT2D eigenvalue weighted by Gasteiger charge is 2.06. The van der Waals surface area contributed by atoms with E-state index in [1.807, 2.05) is 19.2 Å². The van der Waals surface area contributed by atoms with Crippen LogP contribution in [0.5, 0.6) is 0 Å². The van der Waals surface area contributed by atoms with Gasteiger partial charge in [-0.1, -0.05) is 31.2 Å². The van der Waals surface area contributed by atoms with Gasteiger partial charge in [-0.2, -0.15) is 0 Å². The van der Waals surface area contributed by atoms with Crippen LogP contribution >= 0.6 is 0 Å². The molecule has 2 rings (SSSR count). The molecule has 0 atom stereocenters. The fraction of sp³-hybridized carbons (Fsp3) is 0.250. The van der Waals surface area contributed by atoms with Crippen LogP contribution in [0.4, 0.5) is 5.82 Å². The SMILES string of the molecule is CCc1ccc(-c2nncnc2NC)cc1. The van der Waals surface area contributed by atoms with Gasteiger partial charge in [-0.05, 0) is 12.0 Å². The first-order chi connectivity index (χ1) is 7.85. The van der Waals surface area contributed by atoms with Crippen molar-refractivity contribution in [3.8, 4) is 11.3 Å². The van der Waals surface area contributed by atoms with Crippen molar-refractivity contribution in [2.45, 2.75) is 13.3 Å². The topological polar surface area (TPSA) is 50.7 Å². The van der Waals surface area contributed by atoms with E-state index in [1.54, 1.807) is 0 Å². The molecule has 4 nitrogen and oxygen atoms in total. The number of nitrogens with zero attached hydrogens (tertiary/aromatic N) is 3. The Hall–Kier alpha value is -1.97. The summed E-state index contributed by atoms with van der Waals surface area (Å²) in [5.41, 5.74) is 3.13. The molecule has 0 aliphatic rings. The van der Waals surface area contributed by atoms with Crippen LogP contribution in [0.2, 0.25) is 0 Å². The van der Waals surface area contributed by atoms with E-state index in [0.717, 1.165) is 23.5 Å². The first-order valence-electron chi connectivity index (χ1n) is 5.30. The molecule has 82 valence electrons. The predicted octanol–water partition coefficient (Wildman–Crippen LogP) is 2.14. The van der Waals surface area contributed by atoms with E-state index in [2.05, 4.69) is 39.6 Å². The molecule has 0 radical (unpaired) electrons. The first kappa shape index (κ1) is 10.5. The summed E-state index contributed by atoms with van der Waals surface area (Å²) in [6.07, 6.45) is 2.48. The minimum Gasteiger partial charge on any atom is -0.371 e. The average molecular weight is 214 g/mol. The van der Waals surface area contributed by atoms with Crippen molar-refractivity contribution >= 4 is 5.82 Å². The summed E-state index contributed by atoms with van der Waals surface area (Å²) in [7, 11) is 1.83. The van der Waals surface area contributed by atoms with E-state index in [9.17, 15) is 0 Å². The summed E-state index contributed by atoms with van der Waals surface area (Å²) in [5.74, 6) is 0.749. The van der Waals surface area contributed by atoms with Gasteiger partial charge >= 0.3 is 0 Å². The molecule has 0 unspecified atom stereocenters. The quantitative estimate of drug-likeness (QED) is 0.850. The molecule has 1 heterocycles. The van der Waals surface area contributed by atoms with Crippen molar-refractivity contribution in [2.75, 3.05) is 12.4 Å². The molecule has 1 aromatic heterocycles. The Kier molecular flexibility index (Phi) is 3.10. The Labute approximate surface area is 94.8 Å². The lowest BCUT2D eigenvalue weighted by Gasteiger charge is -2.05. The van der Waals surface area contributed by atoms with Crippen LogP contribution in [0, 0.1) is 0 Å². The Bertz CT molecular complexity index is 465. The van der Waals surface area contributed by atoms with Gasteiger partial charge in [0.2, 0.25) is 0 Å². The monoisotopic (exact) mass is 214 g/mol. The fourth-order valence-corrected chi connectivity index (χ4v) is 1.55. The van der Waals surface area contributed by atoms with Gasteiger partial charge in [-0.15, -0.1) is 10.2 Å². The van der Waals surface area contributed by atoms with Gasteiger partial charge in [0.1, 0.15) is 12.0 Å². The van der Waals surface area contributed by atoms with E-state index >= 15 is 0 Å². The Morgan fingerprint density at radius 3 is 2.56 bits per heavy atom. The van der Waals surface area contributed by atoms with Gasteiger partial charge in [0.05, 0.1) is 0 Å². The zero-order valence-electron chi connectivity index (χ0n) is 9.44. The highest BCUT2D eigenvalue weighted by atomic mass is 15.2. The lowest BCUT2D eigenvalue weighted by atomic mass is 10.1. The maximum Gasteiger partial charge on any atom is 0.156 e. The second-order valence-corrected chi connectivity index (χ2v) is 3.46. The van der Waals surface area contributed by atoms with Crippen LogP contribution in [0.1, 0.15) is 12.5 Å². The number of hydrogen-bond donors (Lipinski definition) is 1. The summed E-state index contributed by atoms with van der Waals surface area (Å²) in [6.45, 7) is 2.14. The Morgan fingerprint density at radius 2 is 1.94 bits per heavy atom. The van der Waals surface area contributed by atoms with Crippen LogP contribution in [0.15, 0.2) is 30.6 Å². The molecule has 2 aromatic rings. The lowest BCUT2D eigenvalue weighted by molar-refractivity contribution is 0.977. The second kappa shape index (κ2) is 4.70. The molecule has 0 aliphatic heterocycles. The standard InChI is InChI=1S/C12H14N4/c1-3-9-4-6-10(7-5-9)11-12(13-2)14-8-15-16-11/h4-8H,3H2,1-2H3,(H,13,14,15). The fourth-order valence-electron chi connectivity index (χ4n) is 1.55. The van der Waals surface area contributed by atoms with Crippen LogP contribution in [-0.4, -0.2) is 22.2 Å². The lowest BCUT2D eigenvalue weighted by Crippen LogP contribution is -1.99. The van der Waals surface area contributed by atoms with E-state index in [-0.39, 0.29) is 0 Å². The van der Waals surface area contributed by atoms with Gasteiger partial charge < -0.3 is 5.32 Å². The Morgan fingerprint density at radius 1 is 1.19 bits per heavy atom. The molecule has 16 heavy (non-hydrogen) atoms. The van der Waals surface area contributed by atoms with Crippen LogP contribution < -0.4 is 5.32 Å². The molecule has 0 fully saturated rings. The van der Waals surface area contributed by atoms with Gasteiger partial charge in [0.15, 0.2) is 5.82 Å². The number of nitrogens with one attached hydrogen (secondary N) is 1. The third kappa shape index (κ3) is 2.00. The number of anilines is 1. The van der Waals surface area contributed by atoms with Crippen molar-refractivity contribution in [3.63, 3.8) is 0 Å². The molecule has 0 spiro atoms. The number of benzene rings is 1. The van der Waals surface area contributed by atoms with Gasteiger partial charge in [0, 0.05) is 12.6 Å². The normalized spacial score (nSPS) is 10.1. The van der Waals surface area contributed by atoms with Gasteiger partial charge in [0.25, 0.3) is 0 Å². The van der Waals surface area contributed by atoms with E-state index in [1.165, 1.54) is 11.9 Å². The minimum absolute atomic E-state index is 0.749. The molecule has 1 aromatic carbocycles. The van der Waals surface area contributed by atoms with Crippen molar-refractivity contribution < 1.29 is 0 Å². The largest absolute Gasteiger partial charge is 0.371 e. The van der Waals surface area contributed by atoms with Gasteiger partial charge in [-0.25, -0.2) is 4.98 Å². The number of rotatable bonds is 3. The van der Waals surface area contributed by atoms with Crippen molar-refractivity contribution in [1.29, 1.82) is 0 Å². The average Bonchev–Trinajstić information content (AvgIpc) is 2.39. The van der Waals surface area contributed by atoms with E-state index in [4.69, 9.17) is 0 Å². The number of hydrogen-bond acceptors (Lipinski definition) is 4. The maximum atomic E-state index is 4.13. The first-order valence-corrected chi connectivity index (χ1v) is 5.30. The zero-order valence-corrected chi connectivity index (χ0v) is 9.44. The minimum atomic E-state index is 0.749. The van der Waals surface area contributed by atoms with Crippen LogP contribution in [0.25, 0.3) is 11.3 Å². The summed E-state index contributed by atoms with van der Waals surface area (Å²) < 4.78 is 0. The summed E-state index contributed by atoms with van der Waals surface area (Å²) >= 11 is 0. The third-order valence-corrected chi connectivity index (χ3v) is 2.49. The number of aryl methyl sites for hydroxylation is 1. The molecular formula is C12H14N4. The molecule has 1 N–H and O–H groups in total. The van der Waals surface area contributed by atoms with Crippen LogP contribution in [0.3, 0.4) is 0 Å². The maximum absolute atomic E-state index is 4.13. The Balaban J connectivity index is 2.42. The summed E-state index contributed by atoms with van der Waals surface area (Å²) in [4.78, 5) is 4.13. The molecular weight excluding hydrogens is 200 g/mol. The van der Waals surface area contributed by atoms with Crippen LogP contribution in [-0.2, 0) is 6.42 Å². The molecule has 0 saturated carbocycles. The summed E-state index contributed by atoms with van der Waals surface area (Å²) in [5, 5.41) is 10.9. The van der Waals surface area contributed by atoms with E-state index in [0.29, 0.717) is 0 Å². The molecule has 0 saturated heterocycles. The predicted molar refractivity (Wildman–Crippen MR) is 64.2 cm³/mol. The zero-order chi connectivity index (χ0) is 11.4. The third-order valence-electron chi connectivity index (χ3n) is 2.49. The van der Waals surface area contributed by atoms with Gasteiger partial charge in [-0.3, -0.25) is 0 Å². The van der Waals surface area contributed by atoms with E-state index < -0.39 is 0 Å². The highest BCUT2D eigenvalue weighted by molar-refractivity contribution is 5.70. The van der Waals surface area contributed by atoms with Crippen molar-refractivity contribution in [2.24, 2.45) is 0 Å². The molecule has 0 bridgehead atoms. The summed E-state index contributed by atoms with van der Waals surface area (Å²) in [6, 6.07) is 8.30. The number of aromatic nitrogens is 3. The molecule has 0 amide bonds. The highest BCUT2D eigenvalue weighted by Crippen LogP contribution is 2.22. The van der Waals surface area contributed by atoms with Crippen molar-refractivity contribution in [1.82, 2.24) is 15.2 Å². The van der Waals surface area contributed by atoms with Crippen molar-refractivity contribution in [3.05, 3.63) is 36.2 Å². The second-order valence-electron chi connectivity index (χ2n) is 3.46. The molecule has 0 aliphatic carbocycles. The smallest absolute Gasteiger partial charge is 0.156 e. The molecule has 4 heteroatoms.